The van der Waals surface area contributed by atoms with E-state index in [1.807, 2.05) is 36.4 Å². The van der Waals surface area contributed by atoms with E-state index in [1.165, 1.54) is 12.7 Å². The number of nitrogens with zero attached hydrogens (tertiary/aromatic N) is 3. The molecule has 0 spiro atoms. The molecule has 0 saturated carbocycles. The van der Waals surface area contributed by atoms with Crippen molar-refractivity contribution < 1.29 is 14.2 Å². The van der Waals surface area contributed by atoms with E-state index in [1.54, 1.807) is 18.0 Å². The lowest BCUT2D eigenvalue weighted by Gasteiger charge is -2.20. The lowest BCUT2D eigenvalue weighted by atomic mass is 9.99. The van der Waals surface area contributed by atoms with Crippen molar-refractivity contribution >= 4 is 5.91 Å². The number of benzene rings is 2. The average molecular weight is 390 g/mol. The van der Waals surface area contributed by atoms with Crippen molar-refractivity contribution in [1.29, 1.82) is 0 Å². The van der Waals surface area contributed by atoms with E-state index in [9.17, 15) is 4.79 Å². The molecule has 0 bridgehead atoms. The summed E-state index contributed by atoms with van der Waals surface area (Å²) in [6, 6.07) is 15.4. The molecule has 3 aromatic rings. The van der Waals surface area contributed by atoms with Crippen LogP contribution in [0.4, 0.5) is 0 Å². The summed E-state index contributed by atoms with van der Waals surface area (Å²) in [6.45, 7) is 3.82. The Kier molecular flexibility index (Phi) is 5.14. The SMILES string of the molecule is CONC1=CN(C(=O)c2ccc(-c3ccccc3C)cc2)[C@H](c2nc(C)no2)C1. The zero-order valence-electron chi connectivity index (χ0n) is 16.5. The Morgan fingerprint density at radius 1 is 1.17 bits per heavy atom. The number of carbonyl (C=O) groups is 1. The largest absolute Gasteiger partial charge is 0.337 e. The van der Waals surface area contributed by atoms with E-state index in [0.29, 0.717) is 23.7 Å². The van der Waals surface area contributed by atoms with E-state index < -0.39 is 0 Å². The number of carbonyl (C=O) groups excluding carboxylic acids is 1. The summed E-state index contributed by atoms with van der Waals surface area (Å²) < 4.78 is 5.32. The molecule has 4 rings (SSSR count). The van der Waals surface area contributed by atoms with Crippen LogP contribution in [0.3, 0.4) is 0 Å². The third kappa shape index (κ3) is 3.77. The normalized spacial score (nSPS) is 16.0. The van der Waals surface area contributed by atoms with Crippen LogP contribution in [0.1, 0.15) is 40.1 Å². The maximum absolute atomic E-state index is 13.2. The van der Waals surface area contributed by atoms with Gasteiger partial charge in [-0.2, -0.15) is 4.98 Å². The number of nitrogens with one attached hydrogen (secondary N) is 1. The number of hydrogen-bond donors (Lipinski definition) is 1. The van der Waals surface area contributed by atoms with Crippen LogP contribution in [-0.4, -0.2) is 28.1 Å². The Morgan fingerprint density at radius 2 is 1.93 bits per heavy atom. The lowest BCUT2D eigenvalue weighted by Crippen LogP contribution is -2.27. The molecule has 1 aliphatic heterocycles. The van der Waals surface area contributed by atoms with Crippen LogP contribution in [0.15, 0.2) is 65.0 Å². The monoisotopic (exact) mass is 390 g/mol. The second-order valence-corrected chi connectivity index (χ2v) is 6.96. The summed E-state index contributed by atoms with van der Waals surface area (Å²) in [5.74, 6) is 0.787. The predicted molar refractivity (Wildman–Crippen MR) is 107 cm³/mol. The van der Waals surface area contributed by atoms with Crippen LogP contribution >= 0.6 is 0 Å². The fraction of sp³-hybridized carbons (Fsp3) is 0.227. The summed E-state index contributed by atoms with van der Waals surface area (Å²) in [4.78, 5) is 24.1. The Hall–Kier alpha value is -3.45. The smallest absolute Gasteiger partial charge is 0.258 e. The highest BCUT2D eigenvalue weighted by atomic mass is 16.6. The average Bonchev–Trinajstić information content (AvgIpc) is 3.34. The molecule has 7 heteroatoms. The van der Waals surface area contributed by atoms with Crippen molar-refractivity contribution in [2.24, 2.45) is 0 Å². The molecule has 0 unspecified atom stereocenters. The van der Waals surface area contributed by atoms with Crippen molar-refractivity contribution in [3.05, 3.63) is 83.3 Å². The zero-order chi connectivity index (χ0) is 20.4. The van der Waals surface area contributed by atoms with Crippen molar-refractivity contribution in [1.82, 2.24) is 20.5 Å². The molecule has 1 N–H and O–H groups in total. The molecule has 0 aliphatic carbocycles. The summed E-state index contributed by atoms with van der Waals surface area (Å²) in [5.41, 5.74) is 7.56. The highest BCUT2D eigenvalue weighted by Crippen LogP contribution is 2.34. The van der Waals surface area contributed by atoms with Gasteiger partial charge in [0, 0.05) is 18.2 Å². The van der Waals surface area contributed by atoms with E-state index >= 15 is 0 Å². The first-order valence-corrected chi connectivity index (χ1v) is 9.35. The first-order valence-electron chi connectivity index (χ1n) is 9.35. The molecule has 2 aromatic carbocycles. The lowest BCUT2D eigenvalue weighted by molar-refractivity contribution is 0.0760. The van der Waals surface area contributed by atoms with Crippen LogP contribution in [0.25, 0.3) is 11.1 Å². The number of amides is 1. The maximum atomic E-state index is 13.2. The fourth-order valence-electron chi connectivity index (χ4n) is 3.51. The van der Waals surface area contributed by atoms with Gasteiger partial charge in [-0.1, -0.05) is 41.6 Å². The number of aromatic nitrogens is 2. The maximum Gasteiger partial charge on any atom is 0.258 e. The molecule has 2 heterocycles. The first-order chi connectivity index (χ1) is 14.1. The van der Waals surface area contributed by atoms with E-state index in [4.69, 9.17) is 9.36 Å². The van der Waals surface area contributed by atoms with Gasteiger partial charge in [-0.25, -0.2) is 0 Å². The van der Waals surface area contributed by atoms with Crippen molar-refractivity contribution in [2.45, 2.75) is 26.3 Å². The van der Waals surface area contributed by atoms with E-state index in [-0.39, 0.29) is 11.9 Å². The third-order valence-corrected chi connectivity index (χ3v) is 4.93. The van der Waals surface area contributed by atoms with Gasteiger partial charge in [0.1, 0.15) is 6.04 Å². The molecule has 1 aromatic heterocycles. The Labute approximate surface area is 168 Å². The number of hydroxylamine groups is 1. The topological polar surface area (TPSA) is 80.5 Å². The molecule has 0 radical (unpaired) electrons. The quantitative estimate of drug-likeness (QED) is 0.665. The van der Waals surface area contributed by atoms with Crippen LogP contribution in [0.2, 0.25) is 0 Å². The first kappa shape index (κ1) is 18.9. The molecule has 1 aliphatic rings. The van der Waals surface area contributed by atoms with Gasteiger partial charge < -0.3 is 9.42 Å². The second-order valence-electron chi connectivity index (χ2n) is 6.96. The Morgan fingerprint density at radius 3 is 2.59 bits per heavy atom. The summed E-state index contributed by atoms with van der Waals surface area (Å²) in [6.07, 6.45) is 2.23. The van der Waals surface area contributed by atoms with Crippen molar-refractivity contribution in [3.8, 4) is 11.1 Å². The van der Waals surface area contributed by atoms with Crippen LogP contribution in [-0.2, 0) is 4.84 Å². The van der Waals surface area contributed by atoms with Gasteiger partial charge >= 0.3 is 0 Å². The minimum absolute atomic E-state index is 0.143. The predicted octanol–water partition coefficient (Wildman–Crippen LogP) is 3.93. The Bertz CT molecular complexity index is 1060. The van der Waals surface area contributed by atoms with Gasteiger partial charge in [-0.05, 0) is 42.7 Å². The minimum atomic E-state index is -0.377. The van der Waals surface area contributed by atoms with Crippen LogP contribution < -0.4 is 5.48 Å². The third-order valence-electron chi connectivity index (χ3n) is 4.93. The highest BCUT2D eigenvalue weighted by molar-refractivity contribution is 5.96. The number of rotatable bonds is 5. The fourth-order valence-corrected chi connectivity index (χ4v) is 3.51. The standard InChI is InChI=1S/C22H22N4O3/c1-14-6-4-5-7-19(14)16-8-10-17(11-9-16)22(27)26-13-18(25-28-3)12-20(26)21-23-15(2)24-29-21/h4-11,13,20,25H,12H2,1-3H3/t20-/m0/s1. The molecule has 1 atom stereocenters. The molecule has 0 fully saturated rings. The van der Waals surface area contributed by atoms with Crippen LogP contribution in [0.5, 0.6) is 0 Å². The number of hydrogen-bond acceptors (Lipinski definition) is 6. The van der Waals surface area contributed by atoms with E-state index in [0.717, 1.165) is 16.8 Å². The van der Waals surface area contributed by atoms with Crippen molar-refractivity contribution in [3.63, 3.8) is 0 Å². The summed E-state index contributed by atoms with van der Waals surface area (Å²) in [7, 11) is 1.53. The zero-order valence-corrected chi connectivity index (χ0v) is 16.5. The van der Waals surface area contributed by atoms with Crippen LogP contribution in [0, 0.1) is 13.8 Å². The van der Waals surface area contributed by atoms with Gasteiger partial charge in [0.25, 0.3) is 5.91 Å². The van der Waals surface area contributed by atoms with Crippen molar-refractivity contribution in [2.75, 3.05) is 7.11 Å². The molecule has 1 amide bonds. The molecular formula is C22H22N4O3. The van der Waals surface area contributed by atoms with Gasteiger partial charge in [-0.15, -0.1) is 0 Å². The molecule has 0 saturated heterocycles. The Balaban J connectivity index is 1.61. The summed E-state index contributed by atoms with van der Waals surface area (Å²) in [5, 5.41) is 3.85. The van der Waals surface area contributed by atoms with Gasteiger partial charge in [0.05, 0.1) is 12.8 Å². The van der Waals surface area contributed by atoms with E-state index in [2.05, 4.69) is 34.7 Å². The molecule has 148 valence electrons. The summed E-state index contributed by atoms with van der Waals surface area (Å²) >= 11 is 0. The highest BCUT2D eigenvalue weighted by Gasteiger charge is 2.35. The molecule has 7 nitrogen and oxygen atoms in total. The minimum Gasteiger partial charge on any atom is -0.337 e. The number of aryl methyl sites for hydroxylation is 2. The van der Waals surface area contributed by atoms with Gasteiger partial charge in [0.15, 0.2) is 5.82 Å². The second kappa shape index (κ2) is 7.89. The molecular weight excluding hydrogens is 368 g/mol. The molecule has 29 heavy (non-hydrogen) atoms. The van der Waals surface area contributed by atoms with Gasteiger partial charge in [0.2, 0.25) is 5.89 Å². The van der Waals surface area contributed by atoms with Gasteiger partial charge in [-0.3, -0.25) is 15.1 Å².